The molecular weight excluding hydrogens is 264 g/mol. The Morgan fingerprint density at radius 3 is 2.76 bits per heavy atom. The van der Waals surface area contributed by atoms with Gasteiger partial charge in [-0.3, -0.25) is 4.57 Å². The highest BCUT2D eigenvalue weighted by atomic mass is 16.4. The van der Waals surface area contributed by atoms with Gasteiger partial charge in [0.15, 0.2) is 5.58 Å². The summed E-state index contributed by atoms with van der Waals surface area (Å²) in [6.45, 7) is 5.46. The standard InChI is InChI=1S/C17H24N2O2/c1-4-18-15(17(2)9-5-6-10-17)12-7-8-13-14(11-12)21-16(20)19(13)3/h7-8,11,15,18H,4-6,9-10H2,1-3H3. The monoisotopic (exact) mass is 288 g/mol. The Kier molecular flexibility index (Phi) is 3.66. The lowest BCUT2D eigenvalue weighted by Crippen LogP contribution is -2.34. The maximum atomic E-state index is 11.6. The van der Waals surface area contributed by atoms with E-state index in [4.69, 9.17) is 4.42 Å². The zero-order valence-electron chi connectivity index (χ0n) is 13.1. The molecule has 0 saturated heterocycles. The molecule has 3 rings (SSSR count). The summed E-state index contributed by atoms with van der Waals surface area (Å²) < 4.78 is 6.90. The third-order valence-electron chi connectivity index (χ3n) is 5.00. The van der Waals surface area contributed by atoms with Crippen LogP contribution in [0.15, 0.2) is 27.4 Å². The fourth-order valence-corrected chi connectivity index (χ4v) is 3.77. The summed E-state index contributed by atoms with van der Waals surface area (Å²) in [6, 6.07) is 6.49. The van der Waals surface area contributed by atoms with E-state index < -0.39 is 0 Å². The van der Waals surface area contributed by atoms with Crippen molar-refractivity contribution in [1.82, 2.24) is 9.88 Å². The first-order valence-electron chi connectivity index (χ1n) is 7.88. The number of nitrogens with zero attached hydrogens (tertiary/aromatic N) is 1. The molecule has 2 aromatic rings. The summed E-state index contributed by atoms with van der Waals surface area (Å²) in [4.78, 5) is 11.6. The lowest BCUT2D eigenvalue weighted by molar-refractivity contribution is 0.226. The summed E-state index contributed by atoms with van der Waals surface area (Å²) in [5, 5.41) is 3.64. The number of rotatable bonds is 4. The Hall–Kier alpha value is -1.55. The number of benzene rings is 1. The molecule has 1 N–H and O–H groups in total. The average molecular weight is 288 g/mol. The Labute approximate surface area is 125 Å². The fraction of sp³-hybridized carbons (Fsp3) is 0.588. The summed E-state index contributed by atoms with van der Waals surface area (Å²) in [5.41, 5.74) is 3.06. The molecule has 0 aliphatic heterocycles. The third-order valence-corrected chi connectivity index (χ3v) is 5.00. The Bertz CT molecular complexity index is 692. The number of aryl methyl sites for hydroxylation is 1. The van der Waals surface area contributed by atoms with Crippen molar-refractivity contribution >= 4 is 11.1 Å². The molecular formula is C17H24N2O2. The van der Waals surface area contributed by atoms with Gasteiger partial charge >= 0.3 is 5.76 Å². The minimum atomic E-state index is -0.297. The first-order valence-corrected chi connectivity index (χ1v) is 7.88. The zero-order chi connectivity index (χ0) is 15.0. The molecule has 1 aliphatic carbocycles. The topological polar surface area (TPSA) is 47.2 Å². The van der Waals surface area contributed by atoms with Crippen LogP contribution < -0.4 is 11.1 Å². The molecule has 1 aromatic carbocycles. The zero-order valence-corrected chi connectivity index (χ0v) is 13.1. The van der Waals surface area contributed by atoms with Crippen LogP contribution in [-0.4, -0.2) is 11.1 Å². The van der Waals surface area contributed by atoms with Crippen LogP contribution in [0.3, 0.4) is 0 Å². The van der Waals surface area contributed by atoms with E-state index in [9.17, 15) is 4.79 Å². The van der Waals surface area contributed by atoms with E-state index in [-0.39, 0.29) is 5.76 Å². The molecule has 1 heterocycles. The van der Waals surface area contributed by atoms with Crippen LogP contribution in [0, 0.1) is 5.41 Å². The molecule has 0 spiro atoms. The van der Waals surface area contributed by atoms with Crippen molar-refractivity contribution in [1.29, 1.82) is 0 Å². The highest BCUT2D eigenvalue weighted by Gasteiger charge is 2.37. The van der Waals surface area contributed by atoms with Crippen molar-refractivity contribution < 1.29 is 4.42 Å². The first-order chi connectivity index (χ1) is 10.0. The number of hydrogen-bond donors (Lipinski definition) is 1. The highest BCUT2D eigenvalue weighted by Crippen LogP contribution is 2.47. The molecule has 1 fully saturated rings. The number of oxazole rings is 1. The van der Waals surface area contributed by atoms with Gasteiger partial charge in [0.05, 0.1) is 5.52 Å². The minimum absolute atomic E-state index is 0.290. The van der Waals surface area contributed by atoms with E-state index in [0.717, 1.165) is 12.1 Å². The van der Waals surface area contributed by atoms with Gasteiger partial charge in [-0.2, -0.15) is 0 Å². The number of hydrogen-bond acceptors (Lipinski definition) is 3. The Morgan fingerprint density at radius 1 is 1.38 bits per heavy atom. The van der Waals surface area contributed by atoms with Crippen molar-refractivity contribution in [3.8, 4) is 0 Å². The van der Waals surface area contributed by atoms with Crippen LogP contribution in [0.25, 0.3) is 11.1 Å². The molecule has 114 valence electrons. The van der Waals surface area contributed by atoms with Crippen LogP contribution in [0.4, 0.5) is 0 Å². The molecule has 1 atom stereocenters. The summed E-state index contributed by atoms with van der Waals surface area (Å²) in [7, 11) is 1.74. The molecule has 0 bridgehead atoms. The SMILES string of the molecule is CCNC(c1ccc2c(c1)oc(=O)n2C)C1(C)CCCC1. The molecule has 21 heavy (non-hydrogen) atoms. The summed E-state index contributed by atoms with van der Waals surface area (Å²) >= 11 is 0. The molecule has 1 aromatic heterocycles. The normalized spacial score (nSPS) is 19.2. The molecule has 0 radical (unpaired) electrons. The van der Waals surface area contributed by atoms with Crippen LogP contribution in [0.2, 0.25) is 0 Å². The van der Waals surface area contributed by atoms with Gasteiger partial charge in [0.25, 0.3) is 0 Å². The second-order valence-corrected chi connectivity index (χ2v) is 6.51. The van der Waals surface area contributed by atoms with Gasteiger partial charge in [-0.05, 0) is 42.5 Å². The van der Waals surface area contributed by atoms with Gasteiger partial charge in [0, 0.05) is 13.1 Å². The largest absolute Gasteiger partial charge is 0.419 e. The van der Waals surface area contributed by atoms with Crippen LogP contribution in [-0.2, 0) is 7.05 Å². The third kappa shape index (κ3) is 2.42. The molecule has 1 unspecified atom stereocenters. The van der Waals surface area contributed by atoms with Gasteiger partial charge in [-0.1, -0.05) is 32.8 Å². The second kappa shape index (κ2) is 5.34. The van der Waals surface area contributed by atoms with E-state index in [1.54, 1.807) is 11.6 Å². The molecule has 0 amide bonds. The quantitative estimate of drug-likeness (QED) is 0.938. The van der Waals surface area contributed by atoms with Crippen molar-refractivity contribution in [2.45, 2.75) is 45.6 Å². The van der Waals surface area contributed by atoms with Crippen molar-refractivity contribution in [3.05, 3.63) is 34.3 Å². The van der Waals surface area contributed by atoms with E-state index >= 15 is 0 Å². The first kappa shape index (κ1) is 14.4. The Balaban J connectivity index is 2.05. The number of aromatic nitrogens is 1. The molecule has 4 nitrogen and oxygen atoms in total. The lowest BCUT2D eigenvalue weighted by atomic mass is 9.77. The van der Waals surface area contributed by atoms with Gasteiger partial charge in [-0.25, -0.2) is 4.79 Å². The fourth-order valence-electron chi connectivity index (χ4n) is 3.77. The highest BCUT2D eigenvalue weighted by molar-refractivity contribution is 5.73. The minimum Gasteiger partial charge on any atom is -0.408 e. The van der Waals surface area contributed by atoms with Gasteiger partial charge in [0.1, 0.15) is 0 Å². The lowest BCUT2D eigenvalue weighted by Gasteiger charge is -2.35. The van der Waals surface area contributed by atoms with Crippen LogP contribution >= 0.6 is 0 Å². The number of nitrogens with one attached hydrogen (secondary N) is 1. The average Bonchev–Trinajstić information content (AvgIpc) is 3.02. The van der Waals surface area contributed by atoms with E-state index in [0.29, 0.717) is 17.0 Å². The Morgan fingerprint density at radius 2 is 2.10 bits per heavy atom. The smallest absolute Gasteiger partial charge is 0.408 e. The predicted octanol–water partition coefficient (Wildman–Crippen LogP) is 3.36. The van der Waals surface area contributed by atoms with Gasteiger partial charge in [0.2, 0.25) is 0 Å². The van der Waals surface area contributed by atoms with Gasteiger partial charge in [-0.15, -0.1) is 0 Å². The molecule has 1 saturated carbocycles. The van der Waals surface area contributed by atoms with Crippen molar-refractivity contribution in [2.75, 3.05) is 6.54 Å². The second-order valence-electron chi connectivity index (χ2n) is 6.51. The maximum absolute atomic E-state index is 11.6. The van der Waals surface area contributed by atoms with E-state index in [2.05, 4.69) is 25.2 Å². The predicted molar refractivity (Wildman–Crippen MR) is 84.4 cm³/mol. The van der Waals surface area contributed by atoms with Gasteiger partial charge < -0.3 is 9.73 Å². The summed E-state index contributed by atoms with van der Waals surface area (Å²) in [5.74, 6) is -0.297. The van der Waals surface area contributed by atoms with Crippen molar-refractivity contribution in [2.24, 2.45) is 12.5 Å². The van der Waals surface area contributed by atoms with Crippen molar-refractivity contribution in [3.63, 3.8) is 0 Å². The van der Waals surface area contributed by atoms with Crippen LogP contribution in [0.5, 0.6) is 0 Å². The summed E-state index contributed by atoms with van der Waals surface area (Å²) in [6.07, 6.45) is 5.12. The molecule has 4 heteroatoms. The van der Waals surface area contributed by atoms with E-state index in [1.807, 2.05) is 12.1 Å². The number of fused-ring (bicyclic) bond motifs is 1. The molecule has 1 aliphatic rings. The van der Waals surface area contributed by atoms with Crippen LogP contribution in [0.1, 0.15) is 51.1 Å². The van der Waals surface area contributed by atoms with E-state index in [1.165, 1.54) is 31.2 Å². The maximum Gasteiger partial charge on any atom is 0.419 e.